The molecule has 0 aliphatic heterocycles. The van der Waals surface area contributed by atoms with E-state index in [1.807, 2.05) is 6.92 Å². The summed E-state index contributed by atoms with van der Waals surface area (Å²) in [5.74, 6) is 1.31. The number of carbonyl (C=O) groups excluding carboxylic acids is 1. The van der Waals surface area contributed by atoms with E-state index in [2.05, 4.69) is 5.92 Å². The maximum atomic E-state index is 12.0. The molecule has 0 aromatic rings. The second-order valence-corrected chi connectivity index (χ2v) is 4.08. The third-order valence-electron chi connectivity index (χ3n) is 3.31. The van der Waals surface area contributed by atoms with Gasteiger partial charge in [0.1, 0.15) is 0 Å². The summed E-state index contributed by atoms with van der Waals surface area (Å²) in [7, 11) is 0. The lowest BCUT2D eigenvalue weighted by molar-refractivity contribution is -0.154. The van der Waals surface area contributed by atoms with Crippen LogP contribution >= 0.6 is 0 Å². The van der Waals surface area contributed by atoms with E-state index in [1.54, 1.807) is 13.8 Å². The minimum Gasteiger partial charge on any atom is -0.481 e. The summed E-state index contributed by atoms with van der Waals surface area (Å²) in [6.45, 7) is 6.16. The zero-order chi connectivity index (χ0) is 13.5. The summed E-state index contributed by atoms with van der Waals surface area (Å²) in [4.78, 5) is 24.7. The third kappa shape index (κ3) is 3.77. The first-order chi connectivity index (χ1) is 7.97. The van der Waals surface area contributed by atoms with E-state index in [0.29, 0.717) is 19.4 Å². The van der Waals surface area contributed by atoms with Crippen molar-refractivity contribution in [3.63, 3.8) is 0 Å². The van der Waals surface area contributed by atoms with Crippen LogP contribution in [0.25, 0.3) is 0 Å². The van der Waals surface area contributed by atoms with Crippen molar-refractivity contribution in [3.8, 4) is 12.3 Å². The molecule has 0 aliphatic carbocycles. The lowest BCUT2D eigenvalue weighted by Gasteiger charge is -2.28. The predicted molar refractivity (Wildman–Crippen MR) is 66.4 cm³/mol. The van der Waals surface area contributed by atoms with Crippen molar-refractivity contribution in [3.05, 3.63) is 0 Å². The van der Waals surface area contributed by atoms with Gasteiger partial charge in [0.2, 0.25) is 5.91 Å². The number of carboxylic acid groups (broad SMARTS) is 1. The van der Waals surface area contributed by atoms with Gasteiger partial charge in [-0.2, -0.15) is 0 Å². The van der Waals surface area contributed by atoms with Gasteiger partial charge in [0.15, 0.2) is 0 Å². The molecule has 1 N–H and O–H groups in total. The van der Waals surface area contributed by atoms with Crippen molar-refractivity contribution in [2.45, 2.75) is 40.0 Å². The molecule has 0 radical (unpaired) electrons. The highest BCUT2D eigenvalue weighted by atomic mass is 16.4. The Labute approximate surface area is 103 Å². The van der Waals surface area contributed by atoms with Crippen molar-refractivity contribution >= 4 is 11.9 Å². The van der Waals surface area contributed by atoms with Gasteiger partial charge in [0, 0.05) is 13.0 Å². The molecular formula is C13H21NO3. The SMILES string of the molecule is C#CCN(CC)C(=O)CC(CC)(CC)C(=O)O. The van der Waals surface area contributed by atoms with Crippen molar-refractivity contribution < 1.29 is 14.7 Å². The lowest BCUT2D eigenvalue weighted by Crippen LogP contribution is -2.39. The van der Waals surface area contributed by atoms with Crippen molar-refractivity contribution in [2.75, 3.05) is 13.1 Å². The van der Waals surface area contributed by atoms with Crippen LogP contribution in [0.4, 0.5) is 0 Å². The van der Waals surface area contributed by atoms with E-state index in [1.165, 1.54) is 4.90 Å². The van der Waals surface area contributed by atoms with Gasteiger partial charge in [0.05, 0.1) is 12.0 Å². The average molecular weight is 239 g/mol. The zero-order valence-electron chi connectivity index (χ0n) is 10.8. The van der Waals surface area contributed by atoms with Crippen molar-refractivity contribution in [2.24, 2.45) is 5.41 Å². The largest absolute Gasteiger partial charge is 0.481 e. The van der Waals surface area contributed by atoms with Gasteiger partial charge in [-0.25, -0.2) is 0 Å². The molecule has 0 unspecified atom stereocenters. The first-order valence-corrected chi connectivity index (χ1v) is 5.92. The normalized spacial score (nSPS) is 10.7. The molecule has 0 saturated heterocycles. The molecule has 96 valence electrons. The number of aliphatic carboxylic acids is 1. The Morgan fingerprint density at radius 1 is 1.29 bits per heavy atom. The Hall–Kier alpha value is -1.50. The van der Waals surface area contributed by atoms with E-state index in [-0.39, 0.29) is 18.9 Å². The summed E-state index contributed by atoms with van der Waals surface area (Å²) in [5, 5.41) is 9.25. The van der Waals surface area contributed by atoms with Crippen LogP contribution in [0.3, 0.4) is 0 Å². The fraction of sp³-hybridized carbons (Fsp3) is 0.692. The number of amides is 1. The molecule has 0 aromatic carbocycles. The van der Waals surface area contributed by atoms with Gasteiger partial charge >= 0.3 is 5.97 Å². The van der Waals surface area contributed by atoms with Crippen molar-refractivity contribution in [1.82, 2.24) is 4.90 Å². The lowest BCUT2D eigenvalue weighted by atomic mass is 9.79. The number of rotatable bonds is 7. The van der Waals surface area contributed by atoms with Crippen LogP contribution in [0.1, 0.15) is 40.0 Å². The maximum absolute atomic E-state index is 12.0. The first kappa shape index (κ1) is 15.5. The fourth-order valence-electron chi connectivity index (χ4n) is 1.77. The highest BCUT2D eigenvalue weighted by molar-refractivity contribution is 5.85. The van der Waals surface area contributed by atoms with Gasteiger partial charge in [-0.3, -0.25) is 9.59 Å². The molecule has 4 nitrogen and oxygen atoms in total. The van der Waals surface area contributed by atoms with E-state index in [9.17, 15) is 14.7 Å². The molecule has 0 rings (SSSR count). The molecule has 0 spiro atoms. The van der Waals surface area contributed by atoms with Gasteiger partial charge < -0.3 is 10.0 Å². The third-order valence-corrected chi connectivity index (χ3v) is 3.31. The number of hydrogen-bond donors (Lipinski definition) is 1. The van der Waals surface area contributed by atoms with Crippen LogP contribution in [0.2, 0.25) is 0 Å². The molecule has 0 atom stereocenters. The summed E-state index contributed by atoms with van der Waals surface area (Å²) < 4.78 is 0. The molecule has 0 saturated carbocycles. The van der Waals surface area contributed by atoms with Gasteiger partial charge in [-0.15, -0.1) is 6.42 Å². The predicted octanol–water partition coefficient (Wildman–Crippen LogP) is 1.75. The molecule has 0 aliphatic rings. The number of hydrogen-bond acceptors (Lipinski definition) is 2. The van der Waals surface area contributed by atoms with Crippen LogP contribution in [0.5, 0.6) is 0 Å². The highest BCUT2D eigenvalue weighted by Crippen LogP contribution is 2.31. The van der Waals surface area contributed by atoms with Crippen molar-refractivity contribution in [1.29, 1.82) is 0 Å². The molecule has 0 bridgehead atoms. The van der Waals surface area contributed by atoms with Crippen LogP contribution < -0.4 is 0 Å². The Bertz CT molecular complexity index is 313. The molecule has 0 heterocycles. The summed E-state index contributed by atoms with van der Waals surface area (Å²) in [6.07, 6.45) is 6.08. The minimum atomic E-state index is -0.959. The smallest absolute Gasteiger partial charge is 0.310 e. The second kappa shape index (κ2) is 6.95. The molecule has 4 heteroatoms. The quantitative estimate of drug-likeness (QED) is 0.689. The monoisotopic (exact) mass is 239 g/mol. The second-order valence-electron chi connectivity index (χ2n) is 4.08. The van der Waals surface area contributed by atoms with Gasteiger partial charge in [-0.1, -0.05) is 19.8 Å². The standard InChI is InChI=1S/C13H21NO3/c1-5-9-14(8-4)11(15)10-13(6-2,7-3)12(16)17/h1H,6-10H2,2-4H3,(H,16,17). The van der Waals surface area contributed by atoms with Crippen LogP contribution in [0.15, 0.2) is 0 Å². The molecular weight excluding hydrogens is 218 g/mol. The Kier molecular flexibility index (Phi) is 6.34. The average Bonchev–Trinajstić information content (AvgIpc) is 2.32. The number of carbonyl (C=O) groups is 2. The maximum Gasteiger partial charge on any atom is 0.310 e. The number of carboxylic acids is 1. The topological polar surface area (TPSA) is 57.6 Å². The van der Waals surface area contributed by atoms with Crippen LogP contribution in [0, 0.1) is 17.8 Å². The highest BCUT2D eigenvalue weighted by Gasteiger charge is 2.38. The molecule has 0 fully saturated rings. The first-order valence-electron chi connectivity index (χ1n) is 5.92. The molecule has 1 amide bonds. The van der Waals surface area contributed by atoms with Crippen LogP contribution in [-0.2, 0) is 9.59 Å². The van der Waals surface area contributed by atoms with E-state index in [0.717, 1.165) is 0 Å². The summed E-state index contributed by atoms with van der Waals surface area (Å²) in [5.41, 5.74) is -0.959. The minimum absolute atomic E-state index is 0.0187. The summed E-state index contributed by atoms with van der Waals surface area (Å²) >= 11 is 0. The summed E-state index contributed by atoms with van der Waals surface area (Å²) in [6, 6.07) is 0. The van der Waals surface area contributed by atoms with E-state index >= 15 is 0 Å². The molecule has 0 aromatic heterocycles. The molecule has 17 heavy (non-hydrogen) atoms. The number of terminal acetylenes is 1. The van der Waals surface area contributed by atoms with E-state index in [4.69, 9.17) is 6.42 Å². The van der Waals surface area contributed by atoms with E-state index < -0.39 is 11.4 Å². The van der Waals surface area contributed by atoms with Gasteiger partial charge in [0.25, 0.3) is 0 Å². The Morgan fingerprint density at radius 2 is 1.82 bits per heavy atom. The zero-order valence-corrected chi connectivity index (χ0v) is 10.8. The Morgan fingerprint density at radius 3 is 2.12 bits per heavy atom. The number of nitrogens with zero attached hydrogens (tertiary/aromatic N) is 1. The fourth-order valence-corrected chi connectivity index (χ4v) is 1.77. The van der Waals surface area contributed by atoms with Crippen LogP contribution in [-0.4, -0.2) is 35.0 Å². The van der Waals surface area contributed by atoms with Gasteiger partial charge in [-0.05, 0) is 19.8 Å². The Balaban J connectivity index is 4.83.